The number of hydrogen-bond donors (Lipinski definition) is 1. The number of nitriles is 1. The fourth-order valence-electron chi connectivity index (χ4n) is 1.98. The minimum absolute atomic E-state index is 0.0607. The molecule has 0 bridgehead atoms. The van der Waals surface area contributed by atoms with Crippen molar-refractivity contribution < 1.29 is 14.1 Å². The van der Waals surface area contributed by atoms with Gasteiger partial charge in [0.25, 0.3) is 5.91 Å². The van der Waals surface area contributed by atoms with E-state index in [1.165, 1.54) is 0 Å². The summed E-state index contributed by atoms with van der Waals surface area (Å²) in [4.78, 5) is 12.0. The minimum Gasteiger partial charge on any atom is -0.379 e. The van der Waals surface area contributed by atoms with Crippen molar-refractivity contribution in [3.63, 3.8) is 0 Å². The normalized spacial score (nSPS) is 11.7. The first-order valence-corrected chi connectivity index (χ1v) is 7.46. The van der Waals surface area contributed by atoms with Gasteiger partial charge >= 0.3 is 0 Å². The summed E-state index contributed by atoms with van der Waals surface area (Å²) >= 11 is 0. The van der Waals surface area contributed by atoms with Gasteiger partial charge in [-0.1, -0.05) is 11.2 Å². The maximum absolute atomic E-state index is 12.0. The molecule has 6 heteroatoms. The van der Waals surface area contributed by atoms with Crippen LogP contribution in [-0.2, 0) is 9.53 Å². The molecule has 2 rings (SSSR count). The molecule has 0 spiro atoms. The number of nitrogens with zero attached hydrogens (tertiary/aromatic N) is 2. The average molecular weight is 313 g/mol. The van der Waals surface area contributed by atoms with Gasteiger partial charge in [0.2, 0.25) is 0 Å². The van der Waals surface area contributed by atoms with Gasteiger partial charge in [0.05, 0.1) is 12.3 Å². The Balaban J connectivity index is 1.95. The fourth-order valence-corrected chi connectivity index (χ4v) is 1.98. The van der Waals surface area contributed by atoms with Crippen LogP contribution in [0.3, 0.4) is 0 Å². The number of hydrogen-bond acceptors (Lipinski definition) is 5. The van der Waals surface area contributed by atoms with E-state index < -0.39 is 0 Å². The van der Waals surface area contributed by atoms with E-state index in [-0.39, 0.29) is 17.6 Å². The summed E-state index contributed by atoms with van der Waals surface area (Å²) in [6.45, 7) is 4.96. The fraction of sp³-hybridized carbons (Fsp3) is 0.353. The molecule has 1 aromatic heterocycles. The van der Waals surface area contributed by atoms with Crippen LogP contribution in [0.2, 0.25) is 0 Å². The van der Waals surface area contributed by atoms with Crippen LogP contribution in [0, 0.1) is 11.3 Å². The van der Waals surface area contributed by atoms with Gasteiger partial charge in [0.15, 0.2) is 5.58 Å². The van der Waals surface area contributed by atoms with Crippen LogP contribution >= 0.6 is 0 Å². The van der Waals surface area contributed by atoms with Crippen LogP contribution in [0.1, 0.15) is 25.8 Å². The lowest BCUT2D eigenvalue weighted by atomic mass is 10.1. The number of fused-ring (bicyclic) bond motifs is 1. The third kappa shape index (κ3) is 4.94. The highest BCUT2D eigenvalue weighted by Gasteiger charge is 2.09. The molecule has 0 aliphatic heterocycles. The van der Waals surface area contributed by atoms with Gasteiger partial charge in [-0.3, -0.25) is 4.79 Å². The van der Waals surface area contributed by atoms with E-state index in [2.05, 4.69) is 10.5 Å². The Morgan fingerprint density at radius 1 is 1.52 bits per heavy atom. The predicted molar refractivity (Wildman–Crippen MR) is 86.3 cm³/mol. The smallest absolute Gasteiger partial charge is 0.261 e. The van der Waals surface area contributed by atoms with Gasteiger partial charge in [-0.05, 0) is 44.0 Å². The Morgan fingerprint density at radius 2 is 2.35 bits per heavy atom. The predicted octanol–water partition coefficient (Wildman–Crippen LogP) is 2.67. The standard InChI is InChI=1S/C17H19N3O3/c1-12(2)22-7-3-6-19-17(21)14(10-18)8-13-4-5-16-15(9-13)11-20-23-16/h4-5,8-9,11-12H,3,6-7H2,1-2H3,(H,19,21)/b14-8-. The number of nitrogens with one attached hydrogen (secondary N) is 1. The topological polar surface area (TPSA) is 88.1 Å². The lowest BCUT2D eigenvalue weighted by Gasteiger charge is -2.08. The molecule has 1 N–H and O–H groups in total. The number of aromatic nitrogens is 1. The second kappa shape index (κ2) is 8.11. The molecule has 1 amide bonds. The minimum atomic E-state index is -0.387. The maximum Gasteiger partial charge on any atom is 0.261 e. The van der Waals surface area contributed by atoms with Gasteiger partial charge < -0.3 is 14.6 Å². The molecule has 0 saturated carbocycles. The molecule has 0 aliphatic carbocycles. The average Bonchev–Trinajstić information content (AvgIpc) is 2.99. The SMILES string of the molecule is CC(C)OCCCNC(=O)/C(C#N)=C\c1ccc2oncc2c1. The third-order valence-electron chi connectivity index (χ3n) is 3.11. The highest BCUT2D eigenvalue weighted by atomic mass is 16.5. The van der Waals surface area contributed by atoms with Crippen LogP contribution < -0.4 is 5.32 Å². The van der Waals surface area contributed by atoms with E-state index in [1.807, 2.05) is 26.0 Å². The highest BCUT2D eigenvalue weighted by molar-refractivity contribution is 6.02. The summed E-state index contributed by atoms with van der Waals surface area (Å²) in [6.07, 6.45) is 4.02. The van der Waals surface area contributed by atoms with Gasteiger partial charge in [0, 0.05) is 18.5 Å². The second-order valence-corrected chi connectivity index (χ2v) is 5.32. The molecule has 1 heterocycles. The van der Waals surface area contributed by atoms with E-state index in [9.17, 15) is 10.1 Å². The third-order valence-corrected chi connectivity index (χ3v) is 3.11. The van der Waals surface area contributed by atoms with Gasteiger partial charge in [-0.2, -0.15) is 5.26 Å². The van der Waals surface area contributed by atoms with Crippen molar-refractivity contribution in [3.05, 3.63) is 35.5 Å². The van der Waals surface area contributed by atoms with Crippen molar-refractivity contribution in [1.82, 2.24) is 10.5 Å². The zero-order valence-corrected chi connectivity index (χ0v) is 13.2. The second-order valence-electron chi connectivity index (χ2n) is 5.32. The Kier molecular flexibility index (Phi) is 5.89. The molecule has 6 nitrogen and oxygen atoms in total. The molecule has 0 unspecified atom stereocenters. The summed E-state index contributed by atoms with van der Waals surface area (Å²) in [5.41, 5.74) is 1.47. The number of carbonyl (C=O) groups excluding carboxylic acids is 1. The number of ether oxygens (including phenoxy) is 1. The van der Waals surface area contributed by atoms with E-state index in [4.69, 9.17) is 9.26 Å². The van der Waals surface area contributed by atoms with Crippen LogP contribution in [0.4, 0.5) is 0 Å². The Morgan fingerprint density at radius 3 is 3.09 bits per heavy atom. The summed E-state index contributed by atoms with van der Waals surface area (Å²) in [5.74, 6) is -0.387. The van der Waals surface area contributed by atoms with E-state index in [0.717, 1.165) is 10.9 Å². The van der Waals surface area contributed by atoms with E-state index >= 15 is 0 Å². The summed E-state index contributed by atoms with van der Waals surface area (Å²) in [7, 11) is 0. The van der Waals surface area contributed by atoms with Crippen molar-refractivity contribution in [2.75, 3.05) is 13.2 Å². The number of carbonyl (C=O) groups is 1. The molecule has 2 aromatic rings. The summed E-state index contributed by atoms with van der Waals surface area (Å²) < 4.78 is 10.4. The van der Waals surface area contributed by atoms with E-state index in [0.29, 0.717) is 25.2 Å². The molecule has 0 fully saturated rings. The first-order valence-electron chi connectivity index (χ1n) is 7.46. The zero-order chi connectivity index (χ0) is 16.7. The van der Waals surface area contributed by atoms with Crippen molar-refractivity contribution in [1.29, 1.82) is 5.26 Å². The van der Waals surface area contributed by atoms with Crippen LogP contribution in [0.15, 0.2) is 34.5 Å². The summed E-state index contributed by atoms with van der Waals surface area (Å²) in [6, 6.07) is 7.27. The Hall–Kier alpha value is -2.65. The molecule has 1 aromatic carbocycles. The molecule has 0 radical (unpaired) electrons. The molecule has 0 atom stereocenters. The van der Waals surface area contributed by atoms with Crippen molar-refractivity contribution in [2.45, 2.75) is 26.4 Å². The van der Waals surface area contributed by atoms with Gasteiger partial charge in [-0.25, -0.2) is 0 Å². The Bertz CT molecular complexity index is 741. The monoisotopic (exact) mass is 313 g/mol. The van der Waals surface area contributed by atoms with Crippen LogP contribution in [0.5, 0.6) is 0 Å². The van der Waals surface area contributed by atoms with Gasteiger partial charge in [-0.15, -0.1) is 0 Å². The van der Waals surface area contributed by atoms with Crippen molar-refractivity contribution >= 4 is 23.0 Å². The number of amides is 1. The molecule has 23 heavy (non-hydrogen) atoms. The summed E-state index contributed by atoms with van der Waals surface area (Å²) in [5, 5.41) is 16.4. The van der Waals surface area contributed by atoms with Crippen molar-refractivity contribution in [2.24, 2.45) is 0 Å². The number of benzene rings is 1. The molecular formula is C17H19N3O3. The zero-order valence-electron chi connectivity index (χ0n) is 13.2. The lowest BCUT2D eigenvalue weighted by molar-refractivity contribution is -0.117. The first kappa shape index (κ1) is 16.7. The highest BCUT2D eigenvalue weighted by Crippen LogP contribution is 2.17. The maximum atomic E-state index is 12.0. The van der Waals surface area contributed by atoms with Crippen LogP contribution in [0.25, 0.3) is 17.0 Å². The first-order chi connectivity index (χ1) is 11.1. The van der Waals surface area contributed by atoms with E-state index in [1.54, 1.807) is 24.4 Å². The van der Waals surface area contributed by atoms with Crippen LogP contribution in [-0.4, -0.2) is 30.3 Å². The molecular weight excluding hydrogens is 294 g/mol. The number of rotatable bonds is 7. The largest absolute Gasteiger partial charge is 0.379 e. The molecule has 0 aliphatic rings. The van der Waals surface area contributed by atoms with Crippen molar-refractivity contribution in [3.8, 4) is 6.07 Å². The van der Waals surface area contributed by atoms with Gasteiger partial charge in [0.1, 0.15) is 11.6 Å². The quantitative estimate of drug-likeness (QED) is 0.482. The molecule has 0 saturated heterocycles. The Labute approximate surface area is 134 Å². The lowest BCUT2D eigenvalue weighted by Crippen LogP contribution is -2.26. The molecule has 120 valence electrons.